The third-order valence-electron chi connectivity index (χ3n) is 12.6. The van der Waals surface area contributed by atoms with Crippen LogP contribution in [-0.2, 0) is 40.2 Å². The fraction of sp³-hybridized carbons (Fsp3) is 0.429. The summed E-state index contributed by atoms with van der Waals surface area (Å²) in [6.07, 6.45) is 22.2. The maximum atomic E-state index is 10.3. The molecule has 0 saturated heterocycles. The van der Waals surface area contributed by atoms with Crippen molar-refractivity contribution >= 4 is 57.3 Å². The lowest BCUT2D eigenvalue weighted by molar-refractivity contribution is 0.0898. The predicted octanol–water partition coefficient (Wildman–Crippen LogP) is 9.46. The van der Waals surface area contributed by atoms with E-state index in [2.05, 4.69) is 79.9 Å². The molecule has 0 spiro atoms. The molecule has 0 bridgehead atoms. The number of hydrogen-bond donors (Lipinski definition) is 0. The van der Waals surface area contributed by atoms with Crippen LogP contribution in [0.2, 0.25) is 77.1 Å². The van der Waals surface area contributed by atoms with Gasteiger partial charge in [0.05, 0.1) is 41.7 Å². The first kappa shape index (κ1) is 49.5. The van der Waals surface area contributed by atoms with Gasteiger partial charge in [0, 0.05) is 127 Å². The molecule has 0 aliphatic rings. The van der Waals surface area contributed by atoms with Crippen molar-refractivity contribution in [3.8, 4) is 39.8 Å². The zero-order valence-electron chi connectivity index (χ0n) is 42.3. The molecule has 370 valence electrons. The highest BCUT2D eigenvalue weighted by Crippen LogP contribution is 2.36. The molecule has 19 nitrogen and oxygen atoms in total. The Balaban J connectivity index is 1.11. The van der Waals surface area contributed by atoms with E-state index < -0.39 is 30.0 Å². The quantitative estimate of drug-likeness (QED) is 0.0434. The van der Waals surface area contributed by atoms with Gasteiger partial charge in [-0.3, -0.25) is 0 Å². The Bertz CT molecular complexity index is 2970. The molecule has 71 heavy (non-hydrogen) atoms. The number of nitrogens with zero attached hydrogens (tertiary/aromatic N) is 16. The summed E-state index contributed by atoms with van der Waals surface area (Å²) in [6.45, 7) is 24.3. The highest BCUT2D eigenvalue weighted by Gasteiger charge is 2.40. The van der Waals surface area contributed by atoms with E-state index in [1.165, 1.54) is 0 Å². The molecule has 9 aromatic heterocycles. The normalized spacial score (nSPS) is 12.8. The summed E-state index contributed by atoms with van der Waals surface area (Å²) in [7, 11) is -3.75. The van der Waals surface area contributed by atoms with Gasteiger partial charge in [-0.2, -0.15) is 20.6 Å². The SMILES string of the molecule is C[Si](C)(C)CCOCn1ccc2c(-c3cnn(C(CCC#N)(n4cc(-c5ncnc6c5ccn6COCC[Si](C)(C)C)cn4)n4cc(-c5ncnc6c5ccn6COCC[Si](C)(C)C)cn4)c3)ncnc21. The van der Waals surface area contributed by atoms with Crippen LogP contribution in [-0.4, -0.2) is 117 Å². The average molecular weight is 1010 g/mol. The Morgan fingerprint density at radius 3 is 1.11 bits per heavy atom. The van der Waals surface area contributed by atoms with Gasteiger partial charge >= 0.3 is 0 Å². The molecule has 0 radical (unpaired) electrons. The molecule has 0 aromatic carbocycles. The number of fused-ring (bicyclic) bond motifs is 3. The summed E-state index contributed by atoms with van der Waals surface area (Å²) >= 11 is 0. The Morgan fingerprint density at radius 1 is 0.493 bits per heavy atom. The Hall–Kier alpha value is -6.49. The minimum Gasteiger partial charge on any atom is -0.361 e. The van der Waals surface area contributed by atoms with Crippen LogP contribution in [0.15, 0.2) is 93.0 Å². The fourth-order valence-electron chi connectivity index (χ4n) is 8.44. The van der Waals surface area contributed by atoms with Crippen molar-refractivity contribution in [3.05, 3.63) is 93.0 Å². The third kappa shape index (κ3) is 10.9. The summed E-state index contributed by atoms with van der Waals surface area (Å²) in [5.41, 5.74) is 6.60. The maximum absolute atomic E-state index is 10.3. The molecular formula is C49H64N16O3Si3. The highest BCUT2D eigenvalue weighted by atomic mass is 28.3. The van der Waals surface area contributed by atoms with Gasteiger partial charge in [-0.1, -0.05) is 58.9 Å². The molecule has 0 saturated carbocycles. The minimum absolute atomic E-state index is 0.133. The largest absolute Gasteiger partial charge is 0.361 e. The van der Waals surface area contributed by atoms with Crippen LogP contribution in [0.1, 0.15) is 12.8 Å². The first-order valence-electron chi connectivity index (χ1n) is 24.2. The average Bonchev–Trinajstić information content (AvgIpc) is 4.20. The van der Waals surface area contributed by atoms with E-state index in [4.69, 9.17) is 44.5 Å². The van der Waals surface area contributed by atoms with E-state index in [1.807, 2.05) is 83.1 Å². The number of hydrogen-bond acceptors (Lipinski definition) is 13. The first-order chi connectivity index (χ1) is 34.0. The number of rotatable bonds is 23. The molecule has 0 fully saturated rings. The van der Waals surface area contributed by atoms with Gasteiger partial charge in [-0.05, 0) is 36.3 Å². The Morgan fingerprint density at radius 2 is 0.817 bits per heavy atom. The van der Waals surface area contributed by atoms with E-state index >= 15 is 0 Å². The minimum atomic E-state index is -1.34. The van der Waals surface area contributed by atoms with Gasteiger partial charge in [-0.25, -0.2) is 43.9 Å². The molecule has 0 N–H and O–H groups in total. The zero-order valence-corrected chi connectivity index (χ0v) is 45.3. The zero-order chi connectivity index (χ0) is 50.0. The van der Waals surface area contributed by atoms with E-state index in [1.54, 1.807) is 37.6 Å². The summed E-state index contributed by atoms with van der Waals surface area (Å²) in [5.74, 6) is -1.34. The summed E-state index contributed by atoms with van der Waals surface area (Å²) in [4.78, 5) is 28.3. The number of aromatic nitrogens is 15. The van der Waals surface area contributed by atoms with Crippen molar-refractivity contribution in [1.29, 1.82) is 5.26 Å². The predicted molar refractivity (Wildman–Crippen MR) is 282 cm³/mol. The van der Waals surface area contributed by atoms with Crippen LogP contribution in [0.3, 0.4) is 0 Å². The van der Waals surface area contributed by atoms with Crippen LogP contribution in [0, 0.1) is 11.3 Å². The lowest BCUT2D eigenvalue weighted by Crippen LogP contribution is -2.49. The Labute approximate surface area is 416 Å². The van der Waals surface area contributed by atoms with Crippen LogP contribution in [0.25, 0.3) is 66.9 Å². The molecular weight excluding hydrogens is 945 g/mol. The maximum Gasteiger partial charge on any atom is 0.249 e. The second-order valence-corrected chi connectivity index (χ2v) is 38.6. The fourth-order valence-corrected chi connectivity index (χ4v) is 10.7. The second-order valence-electron chi connectivity index (χ2n) is 21.7. The third-order valence-corrected chi connectivity index (χ3v) is 17.7. The van der Waals surface area contributed by atoms with Gasteiger partial charge in [0.15, 0.2) is 0 Å². The van der Waals surface area contributed by atoms with Crippen LogP contribution in [0.4, 0.5) is 0 Å². The molecule has 0 aliphatic carbocycles. The highest BCUT2D eigenvalue weighted by molar-refractivity contribution is 6.76. The molecule has 9 rings (SSSR count). The summed E-state index contributed by atoms with van der Waals surface area (Å²) in [5, 5.41) is 28.0. The molecule has 0 amide bonds. The van der Waals surface area contributed by atoms with Gasteiger partial charge in [0.1, 0.15) is 56.1 Å². The topological polar surface area (TPSA) is 197 Å². The Kier molecular flexibility index (Phi) is 14.2. The molecule has 0 atom stereocenters. The van der Waals surface area contributed by atoms with Gasteiger partial charge in [-0.15, -0.1) is 0 Å². The van der Waals surface area contributed by atoms with Crippen LogP contribution < -0.4 is 0 Å². The first-order valence-corrected chi connectivity index (χ1v) is 35.3. The summed E-state index contributed by atoms with van der Waals surface area (Å²) in [6, 6.07) is 11.7. The molecule has 22 heteroatoms. The van der Waals surface area contributed by atoms with Crippen LogP contribution in [0.5, 0.6) is 0 Å². The molecule has 0 aliphatic heterocycles. The van der Waals surface area contributed by atoms with Gasteiger partial charge in [0.25, 0.3) is 0 Å². The molecule has 9 aromatic rings. The molecule has 0 unspecified atom stereocenters. The van der Waals surface area contributed by atoms with E-state index in [-0.39, 0.29) is 12.8 Å². The molecule has 9 heterocycles. The van der Waals surface area contributed by atoms with Crippen molar-refractivity contribution in [3.63, 3.8) is 0 Å². The lowest BCUT2D eigenvalue weighted by atomic mass is 10.1. The van der Waals surface area contributed by atoms with Crippen molar-refractivity contribution in [1.82, 2.24) is 72.9 Å². The standard InChI is InChI=1S/C49H64N16O3Si3/c1-69(2,3)22-19-66-34-60-16-11-40-43(51-31-54-46(40)60)37-25-57-63(28-37)49(14-10-15-50,64-29-38(26-58-64)44-41-12-17-61(47(41)55-32-52-44)35-67-20-23-70(4,5)6)65-30-39(27-59-65)45-42-13-18-62(48(42)56-33-53-45)36-68-21-24-71(7,8)9/h11-13,16-18,25-33H,10,14,19-24,34-36H2,1-9H3. The second kappa shape index (κ2) is 20.3. The smallest absolute Gasteiger partial charge is 0.249 e. The van der Waals surface area contributed by atoms with Crippen molar-refractivity contribution in [2.45, 2.75) is 116 Å². The number of nitriles is 1. The van der Waals surface area contributed by atoms with E-state index in [0.717, 1.165) is 67.9 Å². The van der Waals surface area contributed by atoms with Crippen LogP contribution >= 0.6 is 0 Å². The number of ether oxygens (including phenoxy) is 3. The van der Waals surface area contributed by atoms with E-state index in [0.29, 0.717) is 57.1 Å². The van der Waals surface area contributed by atoms with Crippen molar-refractivity contribution in [2.75, 3.05) is 19.8 Å². The lowest BCUT2D eigenvalue weighted by Gasteiger charge is -2.34. The van der Waals surface area contributed by atoms with E-state index in [9.17, 15) is 5.26 Å². The van der Waals surface area contributed by atoms with Gasteiger partial charge in [0.2, 0.25) is 5.79 Å². The monoisotopic (exact) mass is 1010 g/mol. The van der Waals surface area contributed by atoms with Gasteiger partial charge < -0.3 is 27.9 Å². The summed E-state index contributed by atoms with van der Waals surface area (Å²) < 4.78 is 29.8. The van der Waals surface area contributed by atoms with Crippen molar-refractivity contribution < 1.29 is 14.2 Å². The van der Waals surface area contributed by atoms with Crippen molar-refractivity contribution in [2.24, 2.45) is 0 Å².